The fourth-order valence-electron chi connectivity index (χ4n) is 3.74. The minimum atomic E-state index is -0.0126. The Balaban J connectivity index is 1.36. The molecular weight excluding hydrogens is 330 g/mol. The van der Waals surface area contributed by atoms with Crippen molar-refractivity contribution in [2.45, 2.75) is 18.9 Å². The van der Waals surface area contributed by atoms with Gasteiger partial charge < -0.3 is 19.7 Å². The van der Waals surface area contributed by atoms with Crippen LogP contribution in [0.5, 0.6) is 17.4 Å². The van der Waals surface area contributed by atoms with Crippen LogP contribution in [-0.2, 0) is 0 Å². The fourth-order valence-corrected chi connectivity index (χ4v) is 3.74. The van der Waals surface area contributed by atoms with E-state index in [1.165, 1.54) is 25.9 Å². The Kier molecular flexibility index (Phi) is 4.75. The van der Waals surface area contributed by atoms with Crippen LogP contribution in [0, 0.1) is 5.92 Å². The van der Waals surface area contributed by atoms with Crippen LogP contribution in [0.25, 0.3) is 0 Å². The Bertz CT molecular complexity index is 753. The number of fused-ring (bicyclic) bond motifs is 3. The van der Waals surface area contributed by atoms with E-state index < -0.39 is 0 Å². The van der Waals surface area contributed by atoms with E-state index in [9.17, 15) is 4.79 Å². The molecule has 2 bridgehead atoms. The number of piperidine rings is 3. The molecule has 3 aliphatic rings. The van der Waals surface area contributed by atoms with E-state index in [1.54, 1.807) is 49.7 Å². The molecule has 3 aliphatic heterocycles. The molecule has 1 aromatic carbocycles. The van der Waals surface area contributed by atoms with Crippen molar-refractivity contribution in [3.63, 3.8) is 0 Å². The van der Waals surface area contributed by atoms with E-state index in [0.717, 1.165) is 6.54 Å². The van der Waals surface area contributed by atoms with Gasteiger partial charge in [-0.1, -0.05) is 0 Å². The Morgan fingerprint density at radius 1 is 1.12 bits per heavy atom. The number of benzene rings is 1. The lowest BCUT2D eigenvalue weighted by molar-refractivity contribution is 0.0620. The number of pyridine rings is 1. The van der Waals surface area contributed by atoms with Crippen molar-refractivity contribution in [1.29, 1.82) is 0 Å². The maximum atomic E-state index is 12.5. The first-order chi connectivity index (χ1) is 12.7. The highest BCUT2D eigenvalue weighted by Crippen LogP contribution is 2.28. The number of amides is 1. The Morgan fingerprint density at radius 2 is 1.85 bits per heavy atom. The Morgan fingerprint density at radius 3 is 2.42 bits per heavy atom. The third-order valence-electron chi connectivity index (χ3n) is 5.24. The summed E-state index contributed by atoms with van der Waals surface area (Å²) in [5, 5.41) is 3.20. The first kappa shape index (κ1) is 16.8. The van der Waals surface area contributed by atoms with E-state index in [-0.39, 0.29) is 11.9 Å². The molecule has 6 nitrogen and oxygen atoms in total. The van der Waals surface area contributed by atoms with Gasteiger partial charge in [0, 0.05) is 24.2 Å². The number of aromatic nitrogens is 1. The minimum absolute atomic E-state index is 0.0126. The van der Waals surface area contributed by atoms with E-state index in [2.05, 4.69) is 15.2 Å². The molecule has 0 spiro atoms. The van der Waals surface area contributed by atoms with Crippen molar-refractivity contribution in [2.24, 2.45) is 5.92 Å². The summed E-state index contributed by atoms with van der Waals surface area (Å²) >= 11 is 0. The van der Waals surface area contributed by atoms with Gasteiger partial charge in [0.05, 0.1) is 13.3 Å². The average Bonchev–Trinajstić information content (AvgIpc) is 2.70. The molecule has 1 amide bonds. The lowest BCUT2D eigenvalue weighted by Gasteiger charge is -2.44. The standard InChI is InChI=1S/C20H23N3O3/c1-25-19-7-6-17(12-21-19)26-16-4-2-15(3-5-16)20(24)22-18-13-23-10-8-14(18)9-11-23/h2-7,12,14,18H,8-11,13H2,1H3,(H,22,24)/t18-/m0/s1. The number of carbonyl (C=O) groups excluding carboxylic acids is 1. The summed E-state index contributed by atoms with van der Waals surface area (Å²) in [6, 6.07) is 11.0. The number of nitrogens with zero attached hydrogens (tertiary/aromatic N) is 2. The van der Waals surface area contributed by atoms with Crippen LogP contribution in [-0.4, -0.2) is 48.6 Å². The van der Waals surface area contributed by atoms with E-state index >= 15 is 0 Å². The van der Waals surface area contributed by atoms with E-state index in [1.807, 2.05) is 0 Å². The van der Waals surface area contributed by atoms with Crippen LogP contribution in [0.2, 0.25) is 0 Å². The van der Waals surface area contributed by atoms with Crippen LogP contribution < -0.4 is 14.8 Å². The van der Waals surface area contributed by atoms with Crippen molar-refractivity contribution in [3.8, 4) is 17.4 Å². The normalized spacial score (nSPS) is 24.1. The number of rotatable bonds is 5. The van der Waals surface area contributed by atoms with Crippen molar-refractivity contribution >= 4 is 5.91 Å². The molecule has 3 saturated heterocycles. The van der Waals surface area contributed by atoms with Gasteiger partial charge in [0.2, 0.25) is 5.88 Å². The average molecular weight is 353 g/mol. The molecule has 5 rings (SSSR count). The van der Waals surface area contributed by atoms with Gasteiger partial charge in [0.15, 0.2) is 0 Å². The predicted molar refractivity (Wildman–Crippen MR) is 97.7 cm³/mol. The summed E-state index contributed by atoms with van der Waals surface area (Å²) in [5.74, 6) is 2.43. The number of ether oxygens (including phenoxy) is 2. The van der Waals surface area contributed by atoms with Crippen molar-refractivity contribution in [2.75, 3.05) is 26.7 Å². The molecule has 6 heteroatoms. The third kappa shape index (κ3) is 3.65. The molecule has 1 atom stereocenters. The van der Waals surface area contributed by atoms with Crippen molar-refractivity contribution in [3.05, 3.63) is 48.2 Å². The molecule has 0 unspecified atom stereocenters. The Labute approximate surface area is 153 Å². The largest absolute Gasteiger partial charge is 0.481 e. The van der Waals surface area contributed by atoms with Gasteiger partial charge in [-0.15, -0.1) is 0 Å². The van der Waals surface area contributed by atoms with Gasteiger partial charge in [-0.05, 0) is 62.2 Å². The van der Waals surface area contributed by atoms with Crippen LogP contribution in [0.15, 0.2) is 42.6 Å². The smallest absolute Gasteiger partial charge is 0.251 e. The maximum Gasteiger partial charge on any atom is 0.251 e. The quantitative estimate of drug-likeness (QED) is 0.895. The monoisotopic (exact) mass is 353 g/mol. The number of methoxy groups -OCH3 is 1. The molecule has 0 saturated carbocycles. The van der Waals surface area contributed by atoms with Gasteiger partial charge in [0.1, 0.15) is 11.5 Å². The Hall–Kier alpha value is -2.60. The first-order valence-corrected chi connectivity index (χ1v) is 9.02. The molecule has 2 aromatic rings. The zero-order valence-corrected chi connectivity index (χ0v) is 14.9. The molecular formula is C20H23N3O3. The van der Waals surface area contributed by atoms with Crippen molar-refractivity contribution in [1.82, 2.24) is 15.2 Å². The summed E-state index contributed by atoms with van der Waals surface area (Å²) in [7, 11) is 1.57. The SMILES string of the molecule is COc1ccc(Oc2ccc(C(=O)N[C@H]3CN4CCC3CC4)cc2)cn1. The third-order valence-corrected chi connectivity index (χ3v) is 5.24. The molecule has 3 fully saturated rings. The highest BCUT2D eigenvalue weighted by Gasteiger charge is 2.34. The van der Waals surface area contributed by atoms with Gasteiger partial charge in [-0.2, -0.15) is 0 Å². The molecule has 4 heterocycles. The molecule has 1 aromatic heterocycles. The second-order valence-electron chi connectivity index (χ2n) is 6.88. The molecule has 0 aliphatic carbocycles. The van der Waals surface area contributed by atoms with Crippen LogP contribution >= 0.6 is 0 Å². The lowest BCUT2D eigenvalue weighted by atomic mass is 9.84. The van der Waals surface area contributed by atoms with Gasteiger partial charge in [-0.3, -0.25) is 4.79 Å². The first-order valence-electron chi connectivity index (χ1n) is 9.02. The van der Waals surface area contributed by atoms with Crippen LogP contribution in [0.1, 0.15) is 23.2 Å². The molecule has 26 heavy (non-hydrogen) atoms. The summed E-state index contributed by atoms with van der Waals surface area (Å²) in [5.41, 5.74) is 0.654. The summed E-state index contributed by atoms with van der Waals surface area (Å²) in [4.78, 5) is 19.1. The second-order valence-corrected chi connectivity index (χ2v) is 6.88. The predicted octanol–water partition coefficient (Wildman–Crippen LogP) is 2.71. The molecule has 136 valence electrons. The highest BCUT2D eigenvalue weighted by molar-refractivity contribution is 5.94. The lowest BCUT2D eigenvalue weighted by Crippen LogP contribution is -2.57. The van der Waals surface area contributed by atoms with E-state index in [0.29, 0.717) is 28.9 Å². The van der Waals surface area contributed by atoms with Gasteiger partial charge in [0.25, 0.3) is 5.91 Å². The summed E-state index contributed by atoms with van der Waals surface area (Å²) in [6.45, 7) is 3.31. The molecule has 0 radical (unpaired) electrons. The van der Waals surface area contributed by atoms with Crippen LogP contribution in [0.4, 0.5) is 0 Å². The number of hydrogen-bond donors (Lipinski definition) is 1. The number of carbonyl (C=O) groups is 1. The summed E-state index contributed by atoms with van der Waals surface area (Å²) < 4.78 is 10.8. The second kappa shape index (κ2) is 7.33. The fraction of sp³-hybridized carbons (Fsp3) is 0.400. The van der Waals surface area contributed by atoms with Gasteiger partial charge in [-0.25, -0.2) is 4.98 Å². The molecule has 1 N–H and O–H groups in total. The summed E-state index contributed by atoms with van der Waals surface area (Å²) in [6.07, 6.45) is 3.98. The van der Waals surface area contributed by atoms with Gasteiger partial charge >= 0.3 is 0 Å². The maximum absolute atomic E-state index is 12.5. The topological polar surface area (TPSA) is 63.7 Å². The van der Waals surface area contributed by atoms with Crippen molar-refractivity contribution < 1.29 is 14.3 Å². The van der Waals surface area contributed by atoms with Crippen LogP contribution in [0.3, 0.4) is 0 Å². The number of hydrogen-bond acceptors (Lipinski definition) is 5. The minimum Gasteiger partial charge on any atom is -0.481 e. The zero-order chi connectivity index (χ0) is 17.9. The highest BCUT2D eigenvalue weighted by atomic mass is 16.5. The van der Waals surface area contributed by atoms with E-state index in [4.69, 9.17) is 9.47 Å². The zero-order valence-electron chi connectivity index (χ0n) is 14.9. The number of nitrogens with one attached hydrogen (secondary N) is 1.